The molecular weight excluding hydrogens is 295 g/mol. The molecule has 1 heterocycles. The van der Waals surface area contributed by atoms with Gasteiger partial charge in [-0.15, -0.1) is 0 Å². The number of hydrogen-bond acceptors (Lipinski definition) is 2. The summed E-state index contributed by atoms with van der Waals surface area (Å²) in [6.45, 7) is 0.401. The number of nitrogens with zero attached hydrogens (tertiary/aromatic N) is 2. The van der Waals surface area contributed by atoms with Crippen LogP contribution in [0.2, 0.25) is 5.02 Å². The number of non-ortho nitro benzene ring substituents is 1. The number of fused-ring (bicyclic) bond motifs is 1. The molecule has 6 heteroatoms. The smallest absolute Gasteiger partial charge is 0.270 e. The number of nitro groups is 1. The Morgan fingerprint density at radius 3 is 2.76 bits per heavy atom. The number of hydrogen-bond donors (Lipinski definition) is 0. The Kier molecular flexibility index (Phi) is 3.35. The zero-order valence-electron chi connectivity index (χ0n) is 10.8. The molecular formula is C15H10ClFN2O2. The molecule has 0 spiro atoms. The lowest BCUT2D eigenvalue weighted by Crippen LogP contribution is -1.99. The number of rotatable bonds is 3. The van der Waals surface area contributed by atoms with E-state index in [1.165, 1.54) is 30.3 Å². The summed E-state index contributed by atoms with van der Waals surface area (Å²) in [5, 5.41) is 12.0. The molecule has 0 fully saturated rings. The molecule has 106 valence electrons. The van der Waals surface area contributed by atoms with Gasteiger partial charge < -0.3 is 4.57 Å². The molecule has 0 aliphatic heterocycles. The average Bonchev–Trinajstić information content (AvgIpc) is 2.85. The first kappa shape index (κ1) is 13.6. The topological polar surface area (TPSA) is 48.1 Å². The van der Waals surface area contributed by atoms with Crippen molar-refractivity contribution < 1.29 is 9.31 Å². The van der Waals surface area contributed by atoms with E-state index in [-0.39, 0.29) is 11.5 Å². The van der Waals surface area contributed by atoms with Crippen molar-refractivity contribution in [2.75, 3.05) is 0 Å². The van der Waals surface area contributed by atoms with Crippen molar-refractivity contribution in [3.05, 3.63) is 75.2 Å². The maximum atomic E-state index is 13.3. The Balaban J connectivity index is 2.01. The Labute approximate surface area is 124 Å². The lowest BCUT2D eigenvalue weighted by atomic mass is 10.2. The second-order valence-corrected chi connectivity index (χ2v) is 5.09. The van der Waals surface area contributed by atoms with Gasteiger partial charge in [-0.25, -0.2) is 4.39 Å². The molecule has 0 N–H and O–H groups in total. The van der Waals surface area contributed by atoms with Gasteiger partial charge in [-0.2, -0.15) is 0 Å². The lowest BCUT2D eigenvalue weighted by molar-refractivity contribution is -0.384. The second kappa shape index (κ2) is 5.18. The summed E-state index contributed by atoms with van der Waals surface area (Å²) in [6.07, 6.45) is 1.80. The van der Waals surface area contributed by atoms with E-state index in [0.717, 1.165) is 10.9 Å². The Morgan fingerprint density at radius 1 is 1.19 bits per heavy atom. The van der Waals surface area contributed by atoms with E-state index in [9.17, 15) is 14.5 Å². The molecule has 0 radical (unpaired) electrons. The molecule has 0 aliphatic carbocycles. The minimum Gasteiger partial charge on any atom is -0.343 e. The van der Waals surface area contributed by atoms with Crippen molar-refractivity contribution in [3.8, 4) is 0 Å². The fourth-order valence-corrected chi connectivity index (χ4v) is 2.46. The van der Waals surface area contributed by atoms with Gasteiger partial charge in [0.2, 0.25) is 0 Å². The molecule has 0 aliphatic rings. The summed E-state index contributed by atoms with van der Waals surface area (Å²) in [7, 11) is 0. The fraction of sp³-hybridized carbons (Fsp3) is 0.0667. The highest BCUT2D eigenvalue weighted by Gasteiger charge is 2.10. The van der Waals surface area contributed by atoms with E-state index in [4.69, 9.17) is 11.6 Å². The Hall–Kier alpha value is -2.40. The standard InChI is InChI=1S/C15H10ClFN2O2/c16-14-3-1-12(17)7-11(14)9-18-6-5-10-8-13(19(20)21)2-4-15(10)18/h1-8H,9H2. The van der Waals surface area contributed by atoms with Crippen molar-refractivity contribution in [2.24, 2.45) is 0 Å². The van der Waals surface area contributed by atoms with Crippen molar-refractivity contribution in [1.29, 1.82) is 0 Å². The second-order valence-electron chi connectivity index (χ2n) is 4.68. The van der Waals surface area contributed by atoms with Crippen LogP contribution in [0.3, 0.4) is 0 Å². The van der Waals surface area contributed by atoms with Gasteiger partial charge in [0.15, 0.2) is 0 Å². The van der Waals surface area contributed by atoms with Crippen molar-refractivity contribution in [3.63, 3.8) is 0 Å². The Bertz CT molecular complexity index is 845. The predicted octanol–water partition coefficient (Wildman–Crippen LogP) is 4.39. The zero-order chi connectivity index (χ0) is 15.0. The third kappa shape index (κ3) is 2.60. The molecule has 0 saturated carbocycles. The van der Waals surface area contributed by atoms with Crippen molar-refractivity contribution in [2.45, 2.75) is 6.54 Å². The van der Waals surface area contributed by atoms with Crippen LogP contribution in [0.15, 0.2) is 48.7 Å². The first-order chi connectivity index (χ1) is 10.0. The van der Waals surface area contributed by atoms with Gasteiger partial charge >= 0.3 is 0 Å². The lowest BCUT2D eigenvalue weighted by Gasteiger charge is -2.08. The molecule has 0 unspecified atom stereocenters. The normalized spacial score (nSPS) is 11.0. The maximum Gasteiger partial charge on any atom is 0.270 e. The minimum absolute atomic E-state index is 0.0454. The van der Waals surface area contributed by atoms with E-state index >= 15 is 0 Å². The summed E-state index contributed by atoms with van der Waals surface area (Å²) in [5.74, 6) is -0.346. The molecule has 3 rings (SSSR count). The summed E-state index contributed by atoms with van der Waals surface area (Å²) >= 11 is 6.06. The number of halogens is 2. The van der Waals surface area contributed by atoms with Gasteiger partial charge in [0, 0.05) is 40.8 Å². The largest absolute Gasteiger partial charge is 0.343 e. The molecule has 1 aromatic heterocycles. The van der Waals surface area contributed by atoms with E-state index in [1.807, 2.05) is 4.57 Å². The summed E-state index contributed by atoms with van der Waals surface area (Å²) in [4.78, 5) is 10.3. The minimum atomic E-state index is -0.430. The molecule has 0 atom stereocenters. The van der Waals surface area contributed by atoms with Gasteiger partial charge in [0.1, 0.15) is 5.82 Å². The van der Waals surface area contributed by atoms with E-state index < -0.39 is 4.92 Å². The van der Waals surface area contributed by atoms with Gasteiger partial charge in [-0.05, 0) is 35.9 Å². The van der Waals surface area contributed by atoms with Crippen LogP contribution in [0.25, 0.3) is 10.9 Å². The number of nitro benzene ring substituents is 1. The molecule has 0 saturated heterocycles. The van der Waals surface area contributed by atoms with Crippen LogP contribution < -0.4 is 0 Å². The van der Waals surface area contributed by atoms with Crippen LogP contribution in [0.5, 0.6) is 0 Å². The van der Waals surface area contributed by atoms with Crippen LogP contribution in [0.1, 0.15) is 5.56 Å². The van der Waals surface area contributed by atoms with E-state index in [2.05, 4.69) is 0 Å². The third-order valence-electron chi connectivity index (χ3n) is 3.31. The summed E-state index contributed by atoms with van der Waals surface area (Å²) in [6, 6.07) is 10.6. The maximum absolute atomic E-state index is 13.3. The quantitative estimate of drug-likeness (QED) is 0.532. The van der Waals surface area contributed by atoms with E-state index in [0.29, 0.717) is 17.1 Å². The number of benzene rings is 2. The molecule has 2 aromatic carbocycles. The first-order valence-corrected chi connectivity index (χ1v) is 6.59. The number of aromatic nitrogens is 1. The van der Waals surface area contributed by atoms with Crippen molar-refractivity contribution >= 4 is 28.2 Å². The molecule has 0 bridgehead atoms. The van der Waals surface area contributed by atoms with Crippen LogP contribution in [0.4, 0.5) is 10.1 Å². The molecule has 21 heavy (non-hydrogen) atoms. The zero-order valence-corrected chi connectivity index (χ0v) is 11.5. The molecule has 4 nitrogen and oxygen atoms in total. The van der Waals surface area contributed by atoms with Crippen LogP contribution in [-0.4, -0.2) is 9.49 Å². The van der Waals surface area contributed by atoms with Gasteiger partial charge in [0.05, 0.1) is 4.92 Å². The van der Waals surface area contributed by atoms with Gasteiger partial charge in [-0.3, -0.25) is 10.1 Å². The van der Waals surface area contributed by atoms with E-state index in [1.54, 1.807) is 18.3 Å². The van der Waals surface area contributed by atoms with Gasteiger partial charge in [-0.1, -0.05) is 11.6 Å². The average molecular weight is 305 g/mol. The van der Waals surface area contributed by atoms with Crippen LogP contribution in [-0.2, 0) is 6.54 Å². The fourth-order valence-electron chi connectivity index (χ4n) is 2.29. The molecule has 3 aromatic rings. The molecule has 0 amide bonds. The van der Waals surface area contributed by atoms with Gasteiger partial charge in [0.25, 0.3) is 5.69 Å². The SMILES string of the molecule is O=[N+]([O-])c1ccc2c(ccn2Cc2cc(F)ccc2Cl)c1. The third-order valence-corrected chi connectivity index (χ3v) is 3.68. The monoisotopic (exact) mass is 304 g/mol. The summed E-state index contributed by atoms with van der Waals surface area (Å²) in [5.41, 5.74) is 1.54. The highest BCUT2D eigenvalue weighted by Crippen LogP contribution is 2.24. The summed E-state index contributed by atoms with van der Waals surface area (Å²) < 4.78 is 15.2. The predicted molar refractivity (Wildman–Crippen MR) is 79.1 cm³/mol. The highest BCUT2D eigenvalue weighted by atomic mass is 35.5. The van der Waals surface area contributed by atoms with Crippen LogP contribution >= 0.6 is 11.6 Å². The Morgan fingerprint density at radius 2 is 2.00 bits per heavy atom. The van der Waals surface area contributed by atoms with Crippen LogP contribution in [0, 0.1) is 15.9 Å². The van der Waals surface area contributed by atoms with Crippen molar-refractivity contribution in [1.82, 2.24) is 4.57 Å². The highest BCUT2D eigenvalue weighted by molar-refractivity contribution is 6.31. The first-order valence-electron chi connectivity index (χ1n) is 6.22.